The Balaban J connectivity index is 1.41. The summed E-state index contributed by atoms with van der Waals surface area (Å²) in [5.41, 5.74) is 2.70. The molecule has 1 aliphatic rings. The number of amides is 2. The number of imidazole rings is 1. The molecular formula is C26H30N4O3. The van der Waals surface area contributed by atoms with Crippen molar-refractivity contribution < 1.29 is 14.3 Å². The minimum Gasteiger partial charge on any atom is -0.497 e. The van der Waals surface area contributed by atoms with Crippen molar-refractivity contribution in [1.82, 2.24) is 20.6 Å². The molecule has 2 aromatic carbocycles. The Kier molecular flexibility index (Phi) is 7.07. The Hall–Kier alpha value is -3.61. The second-order valence-electron chi connectivity index (χ2n) is 8.45. The van der Waals surface area contributed by atoms with Crippen molar-refractivity contribution in [3.05, 3.63) is 71.7 Å². The average molecular weight is 447 g/mol. The maximum Gasteiger partial charge on any atom is 0.269 e. The molecule has 7 nitrogen and oxygen atoms in total. The van der Waals surface area contributed by atoms with Gasteiger partial charge in [-0.2, -0.15) is 0 Å². The van der Waals surface area contributed by atoms with E-state index in [1.54, 1.807) is 14.2 Å². The van der Waals surface area contributed by atoms with Gasteiger partial charge in [0.15, 0.2) is 0 Å². The number of ether oxygens (including phenoxy) is 1. The van der Waals surface area contributed by atoms with E-state index in [9.17, 15) is 9.59 Å². The topological polar surface area (TPSA) is 96.1 Å². The number of nitrogens with zero attached hydrogens (tertiary/aromatic N) is 1. The first-order valence-electron chi connectivity index (χ1n) is 11.4. The van der Waals surface area contributed by atoms with Crippen LogP contribution in [0.1, 0.15) is 58.3 Å². The quantitative estimate of drug-likeness (QED) is 0.508. The predicted molar refractivity (Wildman–Crippen MR) is 127 cm³/mol. The van der Waals surface area contributed by atoms with Crippen LogP contribution >= 0.6 is 0 Å². The van der Waals surface area contributed by atoms with E-state index >= 15 is 0 Å². The second kappa shape index (κ2) is 10.3. The van der Waals surface area contributed by atoms with Crippen molar-refractivity contribution in [2.45, 2.75) is 31.6 Å². The average Bonchev–Trinajstić information content (AvgIpc) is 3.33. The monoisotopic (exact) mass is 446 g/mol. The summed E-state index contributed by atoms with van der Waals surface area (Å²) in [6.45, 7) is 0.680. The highest BCUT2D eigenvalue weighted by Gasteiger charge is 2.27. The number of carbonyl (C=O) groups excluding carboxylic acids is 2. The molecule has 0 unspecified atom stereocenters. The van der Waals surface area contributed by atoms with E-state index in [-0.39, 0.29) is 17.7 Å². The molecular weight excluding hydrogens is 416 g/mol. The summed E-state index contributed by atoms with van der Waals surface area (Å²) in [5, 5.41) is 5.77. The van der Waals surface area contributed by atoms with Gasteiger partial charge in [0.25, 0.3) is 11.8 Å². The number of hydrogen-bond donors (Lipinski definition) is 3. The minimum absolute atomic E-state index is 0.0249. The van der Waals surface area contributed by atoms with Crippen molar-refractivity contribution in [2.24, 2.45) is 5.92 Å². The molecule has 172 valence electrons. The summed E-state index contributed by atoms with van der Waals surface area (Å²) < 4.78 is 5.24. The zero-order valence-electron chi connectivity index (χ0n) is 19.1. The normalized spacial score (nSPS) is 17.9. The SMILES string of the molecule is CNC(=O)c1[nH]c(C2CCC(CNC(=O)c3ccccc3)CC2)nc1-c1ccc(OC)cc1. The maximum atomic E-state index is 12.5. The van der Waals surface area contributed by atoms with E-state index in [2.05, 4.69) is 15.6 Å². The van der Waals surface area contributed by atoms with Crippen LogP contribution in [0.25, 0.3) is 11.3 Å². The first-order valence-corrected chi connectivity index (χ1v) is 11.4. The first kappa shape index (κ1) is 22.6. The lowest BCUT2D eigenvalue weighted by atomic mass is 9.81. The van der Waals surface area contributed by atoms with Crippen LogP contribution in [0.15, 0.2) is 54.6 Å². The molecule has 33 heavy (non-hydrogen) atoms. The third-order valence-corrected chi connectivity index (χ3v) is 6.36. The van der Waals surface area contributed by atoms with E-state index in [0.29, 0.717) is 29.4 Å². The van der Waals surface area contributed by atoms with Gasteiger partial charge in [-0.3, -0.25) is 9.59 Å². The van der Waals surface area contributed by atoms with E-state index in [4.69, 9.17) is 9.72 Å². The molecule has 1 aliphatic carbocycles. The lowest BCUT2D eigenvalue weighted by Gasteiger charge is -2.27. The van der Waals surface area contributed by atoms with Crippen LogP contribution in [0.2, 0.25) is 0 Å². The molecule has 0 saturated heterocycles. The van der Waals surface area contributed by atoms with Gasteiger partial charge >= 0.3 is 0 Å². The van der Waals surface area contributed by atoms with Crippen LogP contribution in [-0.2, 0) is 0 Å². The molecule has 1 aromatic heterocycles. The highest BCUT2D eigenvalue weighted by molar-refractivity contribution is 5.98. The third kappa shape index (κ3) is 5.25. The van der Waals surface area contributed by atoms with Crippen LogP contribution < -0.4 is 15.4 Å². The number of benzene rings is 2. The maximum absolute atomic E-state index is 12.5. The Bertz CT molecular complexity index is 1080. The van der Waals surface area contributed by atoms with Gasteiger partial charge in [0.05, 0.1) is 7.11 Å². The lowest BCUT2D eigenvalue weighted by molar-refractivity contribution is 0.0940. The molecule has 2 amide bonds. The molecule has 3 aromatic rings. The lowest BCUT2D eigenvalue weighted by Crippen LogP contribution is -2.31. The molecule has 1 fully saturated rings. The number of aromatic nitrogens is 2. The molecule has 3 N–H and O–H groups in total. The van der Waals surface area contributed by atoms with Crippen LogP contribution in [0.5, 0.6) is 5.75 Å². The van der Waals surface area contributed by atoms with Crippen LogP contribution in [0.3, 0.4) is 0 Å². The summed E-state index contributed by atoms with van der Waals surface area (Å²) in [7, 11) is 3.25. The molecule has 0 spiro atoms. The first-order chi connectivity index (χ1) is 16.1. The summed E-state index contributed by atoms with van der Waals surface area (Å²) in [6.07, 6.45) is 3.95. The number of H-pyrrole nitrogens is 1. The van der Waals surface area contributed by atoms with Gasteiger partial charge in [-0.15, -0.1) is 0 Å². The number of hydrogen-bond acceptors (Lipinski definition) is 4. The van der Waals surface area contributed by atoms with Gasteiger partial charge in [0, 0.05) is 30.6 Å². The highest BCUT2D eigenvalue weighted by atomic mass is 16.5. The van der Waals surface area contributed by atoms with Gasteiger partial charge in [0.2, 0.25) is 0 Å². The predicted octanol–water partition coefficient (Wildman–Crippen LogP) is 4.15. The fraction of sp³-hybridized carbons (Fsp3) is 0.346. The van der Waals surface area contributed by atoms with Crippen LogP contribution in [0, 0.1) is 5.92 Å². The molecule has 7 heteroatoms. The second-order valence-corrected chi connectivity index (χ2v) is 8.45. The summed E-state index contributed by atoms with van der Waals surface area (Å²) in [6, 6.07) is 16.9. The standard InChI is InChI=1S/C26H30N4O3/c1-27-26(32)23-22(18-12-14-21(33-2)15-13-18)29-24(30-23)19-10-8-17(9-11-19)16-28-25(31)20-6-4-3-5-7-20/h3-7,12-15,17,19H,8-11,16H2,1-2H3,(H,27,32)(H,28,31)(H,29,30). The fourth-order valence-corrected chi connectivity index (χ4v) is 4.40. The molecule has 1 saturated carbocycles. The van der Waals surface area contributed by atoms with Gasteiger partial charge in [-0.05, 0) is 68.0 Å². The van der Waals surface area contributed by atoms with Gasteiger partial charge in [0.1, 0.15) is 23.0 Å². The van der Waals surface area contributed by atoms with Gasteiger partial charge in [-0.1, -0.05) is 18.2 Å². The van der Waals surface area contributed by atoms with E-state index in [0.717, 1.165) is 42.8 Å². The van der Waals surface area contributed by atoms with E-state index in [1.165, 1.54) is 0 Å². The van der Waals surface area contributed by atoms with Crippen LogP contribution in [0.4, 0.5) is 0 Å². The molecule has 0 radical (unpaired) electrons. The van der Waals surface area contributed by atoms with Crippen molar-refractivity contribution in [3.63, 3.8) is 0 Å². The van der Waals surface area contributed by atoms with Crippen molar-refractivity contribution in [3.8, 4) is 17.0 Å². The summed E-state index contributed by atoms with van der Waals surface area (Å²) in [4.78, 5) is 32.9. The third-order valence-electron chi connectivity index (χ3n) is 6.36. The van der Waals surface area contributed by atoms with Crippen LogP contribution in [-0.4, -0.2) is 42.5 Å². The number of carbonyl (C=O) groups is 2. The van der Waals surface area contributed by atoms with Crippen molar-refractivity contribution >= 4 is 11.8 Å². The molecule has 0 aliphatic heterocycles. The van der Waals surface area contributed by atoms with Gasteiger partial charge in [-0.25, -0.2) is 4.98 Å². The Labute approximate surface area is 194 Å². The number of aromatic amines is 1. The zero-order chi connectivity index (χ0) is 23.2. The Morgan fingerprint density at radius 1 is 1.00 bits per heavy atom. The minimum atomic E-state index is -0.183. The van der Waals surface area contributed by atoms with E-state index in [1.807, 2.05) is 54.6 Å². The summed E-state index contributed by atoms with van der Waals surface area (Å²) in [5.74, 6) is 2.12. The Morgan fingerprint density at radius 3 is 2.33 bits per heavy atom. The molecule has 0 atom stereocenters. The largest absolute Gasteiger partial charge is 0.497 e. The van der Waals surface area contributed by atoms with Crippen molar-refractivity contribution in [2.75, 3.05) is 20.7 Å². The molecule has 0 bridgehead atoms. The highest BCUT2D eigenvalue weighted by Crippen LogP contribution is 2.36. The number of nitrogens with one attached hydrogen (secondary N) is 3. The number of methoxy groups -OCH3 is 1. The molecule has 4 rings (SSSR count). The zero-order valence-corrected chi connectivity index (χ0v) is 19.1. The van der Waals surface area contributed by atoms with E-state index < -0.39 is 0 Å². The van der Waals surface area contributed by atoms with Crippen molar-refractivity contribution in [1.29, 1.82) is 0 Å². The smallest absolute Gasteiger partial charge is 0.269 e. The Morgan fingerprint density at radius 2 is 1.70 bits per heavy atom. The fourth-order valence-electron chi connectivity index (χ4n) is 4.40. The molecule has 1 heterocycles. The van der Waals surface area contributed by atoms with Gasteiger partial charge < -0.3 is 20.4 Å². The number of rotatable bonds is 7. The summed E-state index contributed by atoms with van der Waals surface area (Å²) >= 11 is 0.